The van der Waals surface area contributed by atoms with Crippen molar-refractivity contribution in [2.75, 3.05) is 0 Å². The van der Waals surface area contributed by atoms with Crippen LogP contribution in [-0.4, -0.2) is 20.9 Å². The molecule has 2 N–H and O–H groups in total. The minimum atomic E-state index is -0.161. The lowest BCUT2D eigenvalue weighted by Crippen LogP contribution is -2.02. The van der Waals surface area contributed by atoms with Crippen LogP contribution in [0.15, 0.2) is 67.0 Å². The van der Waals surface area contributed by atoms with Crippen LogP contribution in [0.5, 0.6) is 5.75 Å². The molecule has 0 unspecified atom stereocenters. The Bertz CT molecular complexity index is 1080. The first-order valence-corrected chi connectivity index (χ1v) is 8.00. The minimum Gasteiger partial charge on any atom is -0.508 e. The number of fused-ring (bicyclic) bond motifs is 1. The van der Waals surface area contributed by atoms with E-state index in [4.69, 9.17) is 0 Å². The fourth-order valence-electron chi connectivity index (χ4n) is 3.00. The summed E-state index contributed by atoms with van der Waals surface area (Å²) in [6.45, 7) is 1.87. The van der Waals surface area contributed by atoms with Gasteiger partial charge in [0.15, 0.2) is 5.78 Å². The first kappa shape index (κ1) is 15.1. The molecule has 0 aliphatic rings. The van der Waals surface area contributed by atoms with E-state index >= 15 is 0 Å². The van der Waals surface area contributed by atoms with Gasteiger partial charge in [0.2, 0.25) is 0 Å². The molecule has 122 valence electrons. The largest absolute Gasteiger partial charge is 0.508 e. The number of aromatic hydroxyl groups is 1. The van der Waals surface area contributed by atoms with Crippen molar-refractivity contribution < 1.29 is 9.90 Å². The molecule has 0 saturated carbocycles. The van der Waals surface area contributed by atoms with Crippen molar-refractivity contribution in [2.45, 2.75) is 6.92 Å². The van der Waals surface area contributed by atoms with Gasteiger partial charge < -0.3 is 10.1 Å². The second-order valence-corrected chi connectivity index (χ2v) is 6.03. The van der Waals surface area contributed by atoms with Crippen LogP contribution < -0.4 is 0 Å². The molecule has 0 spiro atoms. The Balaban J connectivity index is 1.83. The summed E-state index contributed by atoms with van der Waals surface area (Å²) in [4.78, 5) is 20.1. The summed E-state index contributed by atoms with van der Waals surface area (Å²) in [6, 6.07) is 16.4. The van der Waals surface area contributed by atoms with Crippen LogP contribution in [0.2, 0.25) is 0 Å². The van der Waals surface area contributed by atoms with Crippen LogP contribution in [0, 0.1) is 6.92 Å². The number of ketones is 1. The smallest absolute Gasteiger partial charge is 0.194 e. The van der Waals surface area contributed by atoms with Crippen LogP contribution in [0.25, 0.3) is 22.0 Å². The standard InChI is InChI=1S/C21H16N2O2/c1-13-5-6-14(12-23-13)21(25)16-9-15(10-17(24)11-16)18-3-2-4-20-19(18)7-8-22-20/h2-12,22,24H,1H3. The van der Waals surface area contributed by atoms with Gasteiger partial charge in [-0.1, -0.05) is 12.1 Å². The third-order valence-electron chi connectivity index (χ3n) is 4.26. The maximum Gasteiger partial charge on any atom is 0.194 e. The van der Waals surface area contributed by atoms with E-state index in [0.29, 0.717) is 11.1 Å². The molecule has 2 aromatic carbocycles. The number of phenolic OH excluding ortho intramolecular Hbond substituents is 1. The number of nitrogens with zero attached hydrogens (tertiary/aromatic N) is 1. The lowest BCUT2D eigenvalue weighted by molar-refractivity contribution is 0.103. The number of pyridine rings is 1. The summed E-state index contributed by atoms with van der Waals surface area (Å²) in [5.74, 6) is -0.0978. The molecule has 0 aliphatic carbocycles. The molecule has 4 rings (SSSR count). The van der Waals surface area contributed by atoms with Crippen LogP contribution in [0.4, 0.5) is 0 Å². The molecular weight excluding hydrogens is 312 g/mol. The zero-order valence-electron chi connectivity index (χ0n) is 13.7. The predicted octanol–water partition coefficient (Wildman–Crippen LogP) is 4.47. The van der Waals surface area contributed by atoms with E-state index in [1.165, 1.54) is 6.07 Å². The molecule has 4 heteroatoms. The number of phenols is 1. The lowest BCUT2D eigenvalue weighted by atomic mass is 9.96. The van der Waals surface area contributed by atoms with Crippen LogP contribution in [-0.2, 0) is 0 Å². The van der Waals surface area contributed by atoms with Crippen molar-refractivity contribution in [3.8, 4) is 16.9 Å². The van der Waals surface area contributed by atoms with Crippen molar-refractivity contribution >= 4 is 16.7 Å². The highest BCUT2D eigenvalue weighted by atomic mass is 16.3. The van der Waals surface area contributed by atoms with Crippen molar-refractivity contribution in [1.82, 2.24) is 9.97 Å². The Labute approximate surface area is 144 Å². The van der Waals surface area contributed by atoms with Crippen molar-refractivity contribution in [2.24, 2.45) is 0 Å². The van der Waals surface area contributed by atoms with E-state index in [2.05, 4.69) is 9.97 Å². The fourth-order valence-corrected chi connectivity index (χ4v) is 3.00. The molecule has 0 amide bonds. The quantitative estimate of drug-likeness (QED) is 0.545. The second kappa shape index (κ2) is 5.91. The van der Waals surface area contributed by atoms with E-state index in [9.17, 15) is 9.90 Å². The summed E-state index contributed by atoms with van der Waals surface area (Å²) < 4.78 is 0. The van der Waals surface area contributed by atoms with Crippen LogP contribution in [0.3, 0.4) is 0 Å². The normalized spacial score (nSPS) is 10.9. The molecule has 0 atom stereocenters. The van der Waals surface area contributed by atoms with Gasteiger partial charge in [-0.3, -0.25) is 9.78 Å². The fraction of sp³-hybridized carbons (Fsp3) is 0.0476. The van der Waals surface area contributed by atoms with Gasteiger partial charge in [0.1, 0.15) is 5.75 Å². The highest BCUT2D eigenvalue weighted by Crippen LogP contribution is 2.31. The van der Waals surface area contributed by atoms with Crippen LogP contribution >= 0.6 is 0 Å². The van der Waals surface area contributed by atoms with Gasteiger partial charge in [0.05, 0.1) is 0 Å². The third-order valence-corrected chi connectivity index (χ3v) is 4.26. The number of carbonyl (C=O) groups excluding carboxylic acids is 1. The zero-order chi connectivity index (χ0) is 17.4. The second-order valence-electron chi connectivity index (χ2n) is 6.03. The van der Waals surface area contributed by atoms with Gasteiger partial charge in [-0.15, -0.1) is 0 Å². The summed E-state index contributed by atoms with van der Waals surface area (Å²) in [5.41, 5.74) is 4.57. The maximum atomic E-state index is 12.7. The monoisotopic (exact) mass is 328 g/mol. The number of hydrogen-bond acceptors (Lipinski definition) is 3. The summed E-state index contributed by atoms with van der Waals surface area (Å²) in [7, 11) is 0. The Morgan fingerprint density at radius 3 is 2.72 bits per heavy atom. The van der Waals surface area contributed by atoms with Gasteiger partial charge >= 0.3 is 0 Å². The molecule has 0 radical (unpaired) electrons. The number of aromatic nitrogens is 2. The Kier molecular flexibility index (Phi) is 3.58. The van der Waals surface area contributed by atoms with Gasteiger partial charge in [-0.25, -0.2) is 0 Å². The summed E-state index contributed by atoms with van der Waals surface area (Å²) >= 11 is 0. The van der Waals surface area contributed by atoms with Gasteiger partial charge in [0, 0.05) is 40.1 Å². The van der Waals surface area contributed by atoms with E-state index in [1.54, 1.807) is 24.4 Å². The number of benzene rings is 2. The number of aromatic amines is 1. The van der Waals surface area contributed by atoms with E-state index in [-0.39, 0.29) is 11.5 Å². The third kappa shape index (κ3) is 2.78. The molecule has 0 fully saturated rings. The zero-order valence-corrected chi connectivity index (χ0v) is 13.7. The molecular formula is C21H16N2O2. The van der Waals surface area contributed by atoms with Crippen molar-refractivity contribution in [1.29, 1.82) is 0 Å². The number of hydrogen-bond donors (Lipinski definition) is 2. The van der Waals surface area contributed by atoms with Crippen molar-refractivity contribution in [3.05, 3.63) is 83.8 Å². The van der Waals surface area contributed by atoms with Crippen LogP contribution in [0.1, 0.15) is 21.6 Å². The predicted molar refractivity (Wildman–Crippen MR) is 97.8 cm³/mol. The molecule has 2 aromatic heterocycles. The van der Waals surface area contributed by atoms with Gasteiger partial charge in [0.25, 0.3) is 0 Å². The molecule has 25 heavy (non-hydrogen) atoms. The van der Waals surface area contributed by atoms with Gasteiger partial charge in [-0.2, -0.15) is 0 Å². The Morgan fingerprint density at radius 1 is 1.04 bits per heavy atom. The highest BCUT2D eigenvalue weighted by Gasteiger charge is 2.13. The molecule has 0 saturated heterocycles. The SMILES string of the molecule is Cc1ccc(C(=O)c2cc(O)cc(-c3cccc4[nH]ccc34)c2)cn1. The summed E-state index contributed by atoms with van der Waals surface area (Å²) in [6.07, 6.45) is 3.44. The first-order valence-electron chi connectivity index (χ1n) is 8.00. The average Bonchev–Trinajstić information content (AvgIpc) is 3.10. The Morgan fingerprint density at radius 2 is 1.92 bits per heavy atom. The lowest BCUT2D eigenvalue weighted by Gasteiger charge is -2.08. The highest BCUT2D eigenvalue weighted by molar-refractivity contribution is 6.10. The molecule has 4 nitrogen and oxygen atoms in total. The molecule has 0 aliphatic heterocycles. The molecule has 2 heterocycles. The summed E-state index contributed by atoms with van der Waals surface area (Å²) in [5, 5.41) is 11.2. The minimum absolute atomic E-state index is 0.0634. The van der Waals surface area contributed by atoms with E-state index in [1.807, 2.05) is 43.5 Å². The number of carbonyl (C=O) groups is 1. The molecule has 4 aromatic rings. The Hall–Kier alpha value is -3.40. The van der Waals surface area contributed by atoms with Gasteiger partial charge in [-0.05, 0) is 60.5 Å². The number of rotatable bonds is 3. The first-order chi connectivity index (χ1) is 12.1. The van der Waals surface area contributed by atoms with E-state index in [0.717, 1.165) is 27.7 Å². The number of H-pyrrole nitrogens is 1. The van der Waals surface area contributed by atoms with E-state index < -0.39 is 0 Å². The topological polar surface area (TPSA) is 66.0 Å². The average molecular weight is 328 g/mol. The van der Waals surface area contributed by atoms with Crippen molar-refractivity contribution in [3.63, 3.8) is 0 Å². The molecule has 0 bridgehead atoms. The number of aryl methyl sites for hydroxylation is 1. The number of nitrogens with one attached hydrogen (secondary N) is 1. The maximum absolute atomic E-state index is 12.7.